The van der Waals surface area contributed by atoms with Crippen molar-refractivity contribution in [2.45, 2.75) is 27.7 Å². The first-order valence-corrected chi connectivity index (χ1v) is 10.6. The number of hydrogen-bond acceptors (Lipinski definition) is 8. The summed E-state index contributed by atoms with van der Waals surface area (Å²) in [6.07, 6.45) is 1.65. The number of carbonyl (C=O) groups excluding carboxylic acids is 1. The third kappa shape index (κ3) is 3.89. The van der Waals surface area contributed by atoms with E-state index >= 15 is 0 Å². The van der Waals surface area contributed by atoms with Crippen molar-refractivity contribution in [3.63, 3.8) is 0 Å². The van der Waals surface area contributed by atoms with Crippen LogP contribution in [0.1, 0.15) is 30.9 Å². The van der Waals surface area contributed by atoms with Crippen LogP contribution in [0.5, 0.6) is 0 Å². The number of anilines is 1. The van der Waals surface area contributed by atoms with Gasteiger partial charge in [-0.3, -0.25) is 9.48 Å². The highest BCUT2D eigenvalue weighted by molar-refractivity contribution is 6.73. The van der Waals surface area contributed by atoms with Crippen LogP contribution in [0.15, 0.2) is 34.4 Å². The first kappa shape index (κ1) is 22.0. The van der Waals surface area contributed by atoms with Crippen molar-refractivity contribution in [1.29, 1.82) is 0 Å². The van der Waals surface area contributed by atoms with Crippen LogP contribution in [0.2, 0.25) is 0 Å². The Labute approximate surface area is 191 Å². The Balaban J connectivity index is 1.83. The largest absolute Gasteiger partial charge is 0.462 e. The summed E-state index contributed by atoms with van der Waals surface area (Å²) in [5, 5.41) is 26.2. The van der Waals surface area contributed by atoms with Crippen molar-refractivity contribution in [3.8, 4) is 23.5 Å². The molecule has 0 aliphatic carbocycles. The van der Waals surface area contributed by atoms with Crippen LogP contribution in [0.25, 0.3) is 11.5 Å². The van der Waals surface area contributed by atoms with E-state index in [0.717, 1.165) is 30.0 Å². The maximum atomic E-state index is 12.6. The molecular weight excluding hydrogens is 420 g/mol. The highest BCUT2D eigenvalue weighted by atomic mass is 16.2. The van der Waals surface area contributed by atoms with E-state index in [1.807, 2.05) is 39.1 Å². The summed E-state index contributed by atoms with van der Waals surface area (Å²) in [5.74, 6) is 2.15. The lowest BCUT2D eigenvalue weighted by molar-refractivity contribution is -0.108. The molecule has 0 spiro atoms. The van der Waals surface area contributed by atoms with Gasteiger partial charge < -0.3 is 10.0 Å². The number of rotatable bonds is 6. The number of ketones is 1. The van der Waals surface area contributed by atoms with Crippen LogP contribution in [-0.2, 0) is 11.8 Å². The summed E-state index contributed by atoms with van der Waals surface area (Å²) in [7, 11) is 1.83. The van der Waals surface area contributed by atoms with E-state index in [1.165, 1.54) is 4.68 Å². The summed E-state index contributed by atoms with van der Waals surface area (Å²) in [4.78, 5) is 19.5. The summed E-state index contributed by atoms with van der Waals surface area (Å²) >= 11 is 0. The second-order valence-corrected chi connectivity index (χ2v) is 7.57. The third-order valence-electron chi connectivity index (χ3n) is 5.55. The van der Waals surface area contributed by atoms with E-state index in [0.29, 0.717) is 23.0 Å². The van der Waals surface area contributed by atoms with Gasteiger partial charge in [-0.25, -0.2) is 4.99 Å². The van der Waals surface area contributed by atoms with Gasteiger partial charge in [0.25, 0.3) is 5.78 Å². The number of carbonyl (C=O) groups is 1. The van der Waals surface area contributed by atoms with E-state index in [-0.39, 0.29) is 11.4 Å². The minimum atomic E-state index is -0.665. The van der Waals surface area contributed by atoms with Crippen molar-refractivity contribution in [2.24, 2.45) is 17.1 Å². The van der Waals surface area contributed by atoms with Crippen molar-refractivity contribution < 1.29 is 9.90 Å². The molecule has 0 fully saturated rings. The Morgan fingerprint density at radius 3 is 2.48 bits per heavy atom. The SMILES string of the molecule is CCN(CC)c1ccc(N=C2C(C(=O)C#CO)=Nn3c2nnc3-c2cc(C)n(C)n2)c(C)c1. The number of hydrogen-bond donors (Lipinski definition) is 1. The minimum absolute atomic E-state index is 0.0115. The molecule has 1 aromatic carbocycles. The summed E-state index contributed by atoms with van der Waals surface area (Å²) < 4.78 is 3.15. The van der Waals surface area contributed by atoms with Gasteiger partial charge in [0.15, 0.2) is 5.71 Å². The number of benzene rings is 1. The molecule has 1 N–H and O–H groups in total. The zero-order valence-corrected chi connectivity index (χ0v) is 19.2. The van der Waals surface area contributed by atoms with Gasteiger partial charge in [0, 0.05) is 37.4 Å². The Bertz CT molecular complexity index is 1340. The van der Waals surface area contributed by atoms with E-state index in [4.69, 9.17) is 10.1 Å². The fraction of sp³-hybridized carbons (Fsp3) is 0.304. The number of Topliss-reactive ketones (excluding diaryl/α,β-unsaturated/α-hetero) is 1. The lowest BCUT2D eigenvalue weighted by Gasteiger charge is -2.21. The van der Waals surface area contributed by atoms with Crippen molar-refractivity contribution in [1.82, 2.24) is 24.7 Å². The monoisotopic (exact) mass is 444 g/mol. The summed E-state index contributed by atoms with van der Waals surface area (Å²) in [6, 6.07) is 7.80. The van der Waals surface area contributed by atoms with Crippen LogP contribution < -0.4 is 4.90 Å². The molecule has 0 bridgehead atoms. The number of aryl methyl sites for hydroxylation is 3. The lowest BCUT2D eigenvalue weighted by Crippen LogP contribution is -2.22. The zero-order valence-electron chi connectivity index (χ0n) is 19.2. The standard InChI is InChI=1S/C23H24N8O2/c1-6-30(7-2)16-8-9-17(14(3)12-16)24-21-20(19(33)10-11-32)28-31-22(25-26-23(21)31)18-13-15(4)29(5)27-18/h8-9,12-13,32H,6-7H2,1-5H3. The van der Waals surface area contributed by atoms with Crippen molar-refractivity contribution >= 4 is 28.6 Å². The number of aliphatic hydroxyl groups is 1. The number of nitrogens with zero attached hydrogens (tertiary/aromatic N) is 8. The van der Waals surface area contributed by atoms with Gasteiger partial charge in [-0.05, 0) is 57.5 Å². The van der Waals surface area contributed by atoms with Crippen LogP contribution >= 0.6 is 0 Å². The topological polar surface area (TPSA) is 114 Å². The fourth-order valence-electron chi connectivity index (χ4n) is 3.64. The van der Waals surface area contributed by atoms with Gasteiger partial charge >= 0.3 is 0 Å². The van der Waals surface area contributed by atoms with Crippen molar-refractivity contribution in [3.05, 3.63) is 41.3 Å². The number of aliphatic hydroxyl groups excluding tert-OH is 1. The van der Waals surface area contributed by atoms with Gasteiger partial charge in [-0.2, -0.15) is 14.9 Å². The molecule has 168 valence electrons. The average Bonchev–Trinajstić information content (AvgIpc) is 3.45. The molecule has 0 saturated carbocycles. The molecule has 10 nitrogen and oxygen atoms in total. The predicted molar refractivity (Wildman–Crippen MR) is 125 cm³/mol. The summed E-state index contributed by atoms with van der Waals surface area (Å²) in [6.45, 7) is 9.89. The van der Waals surface area contributed by atoms with E-state index in [9.17, 15) is 4.79 Å². The molecule has 33 heavy (non-hydrogen) atoms. The van der Waals surface area contributed by atoms with Crippen LogP contribution in [0, 0.1) is 25.9 Å². The van der Waals surface area contributed by atoms with E-state index in [1.54, 1.807) is 10.8 Å². The molecule has 10 heteroatoms. The number of aliphatic imine (C=N–C) groups is 1. The second kappa shape index (κ2) is 8.70. The molecule has 0 amide bonds. The predicted octanol–water partition coefficient (Wildman–Crippen LogP) is 2.38. The normalized spacial score (nSPS) is 13.5. The molecule has 1 aliphatic heterocycles. The van der Waals surface area contributed by atoms with Gasteiger partial charge in [0.05, 0.1) is 5.69 Å². The quantitative estimate of drug-likeness (QED) is 0.584. The lowest BCUT2D eigenvalue weighted by atomic mass is 10.1. The van der Waals surface area contributed by atoms with E-state index < -0.39 is 5.78 Å². The first-order chi connectivity index (χ1) is 15.9. The third-order valence-corrected chi connectivity index (χ3v) is 5.55. The average molecular weight is 444 g/mol. The van der Waals surface area contributed by atoms with Gasteiger partial charge in [-0.1, -0.05) is 0 Å². The molecule has 0 saturated heterocycles. The van der Waals surface area contributed by atoms with E-state index in [2.05, 4.69) is 51.1 Å². The number of fused-ring (bicyclic) bond motifs is 1. The molecule has 0 radical (unpaired) electrons. The zero-order chi connectivity index (χ0) is 23.7. The molecule has 0 unspecified atom stereocenters. The van der Waals surface area contributed by atoms with Gasteiger partial charge in [0.2, 0.25) is 11.6 Å². The summed E-state index contributed by atoms with van der Waals surface area (Å²) in [5.41, 5.74) is 4.44. The van der Waals surface area contributed by atoms with Crippen LogP contribution in [-0.4, -0.2) is 60.1 Å². The maximum absolute atomic E-state index is 12.6. The molecule has 4 rings (SSSR count). The fourth-order valence-corrected chi connectivity index (χ4v) is 3.64. The minimum Gasteiger partial charge on any atom is -0.462 e. The Hall–Kier alpha value is -4.26. The molecule has 1 aliphatic rings. The molecule has 2 aromatic heterocycles. The number of aromatic nitrogens is 5. The second-order valence-electron chi connectivity index (χ2n) is 7.57. The van der Waals surface area contributed by atoms with Gasteiger partial charge in [0.1, 0.15) is 17.5 Å². The Kier molecular flexibility index (Phi) is 5.79. The Morgan fingerprint density at radius 2 is 1.88 bits per heavy atom. The highest BCUT2D eigenvalue weighted by Gasteiger charge is 2.33. The van der Waals surface area contributed by atoms with Gasteiger partial charge in [-0.15, -0.1) is 10.2 Å². The molecular formula is C23H24N8O2. The molecule has 0 atom stereocenters. The van der Waals surface area contributed by atoms with Crippen LogP contribution in [0.4, 0.5) is 11.4 Å². The maximum Gasteiger partial charge on any atom is 0.261 e. The smallest absolute Gasteiger partial charge is 0.261 e. The highest BCUT2D eigenvalue weighted by Crippen LogP contribution is 2.28. The van der Waals surface area contributed by atoms with Crippen molar-refractivity contribution in [2.75, 3.05) is 18.0 Å². The molecule has 3 aromatic rings. The molecule has 3 heterocycles. The van der Waals surface area contributed by atoms with Crippen LogP contribution in [0.3, 0.4) is 0 Å². The Morgan fingerprint density at radius 1 is 1.15 bits per heavy atom. The first-order valence-electron chi connectivity index (χ1n) is 10.6.